The lowest BCUT2D eigenvalue weighted by molar-refractivity contribution is -0.136. The van der Waals surface area contributed by atoms with Gasteiger partial charge in [-0.25, -0.2) is 0 Å². The molecular formula is C23H35F3O. The topological polar surface area (TPSA) is 9.23 Å². The molecule has 0 aliphatic heterocycles. The molecule has 0 N–H and O–H groups in total. The lowest BCUT2D eigenvalue weighted by atomic mass is 9.77. The van der Waals surface area contributed by atoms with Crippen LogP contribution in [0.3, 0.4) is 0 Å². The molecule has 4 heteroatoms. The molecule has 1 aromatic rings. The van der Waals surface area contributed by atoms with Gasteiger partial charge in [-0.2, -0.15) is 13.2 Å². The summed E-state index contributed by atoms with van der Waals surface area (Å²) in [6.07, 6.45) is 8.52. The van der Waals surface area contributed by atoms with Gasteiger partial charge in [0.05, 0.1) is 6.61 Å². The molecule has 0 spiro atoms. The summed E-state index contributed by atoms with van der Waals surface area (Å²) in [5, 5.41) is 0. The van der Waals surface area contributed by atoms with E-state index >= 15 is 0 Å². The van der Waals surface area contributed by atoms with Crippen molar-refractivity contribution in [2.75, 3.05) is 6.61 Å². The lowest BCUT2D eigenvalue weighted by Gasteiger charge is -2.29. The molecule has 0 saturated heterocycles. The van der Waals surface area contributed by atoms with Gasteiger partial charge in [0.15, 0.2) is 0 Å². The second-order valence-electron chi connectivity index (χ2n) is 8.06. The van der Waals surface area contributed by atoms with Crippen LogP contribution in [-0.2, 0) is 0 Å². The van der Waals surface area contributed by atoms with Crippen molar-refractivity contribution in [3.8, 4) is 5.75 Å². The third kappa shape index (κ3) is 9.03. The molecule has 154 valence electrons. The summed E-state index contributed by atoms with van der Waals surface area (Å²) >= 11 is 0. The van der Waals surface area contributed by atoms with E-state index in [9.17, 15) is 13.2 Å². The minimum atomic E-state index is -4.10. The molecule has 1 aliphatic rings. The summed E-state index contributed by atoms with van der Waals surface area (Å²) in [6, 6.07) is 8.00. The van der Waals surface area contributed by atoms with Crippen LogP contribution < -0.4 is 4.74 Å². The van der Waals surface area contributed by atoms with Crippen LogP contribution in [0.5, 0.6) is 5.75 Å². The zero-order valence-corrected chi connectivity index (χ0v) is 16.7. The Balaban J connectivity index is 1.64. The fourth-order valence-electron chi connectivity index (χ4n) is 4.12. The molecule has 0 radical (unpaired) electrons. The van der Waals surface area contributed by atoms with E-state index in [-0.39, 0.29) is 13.0 Å². The Bertz CT molecular complexity index is 501. The van der Waals surface area contributed by atoms with Crippen molar-refractivity contribution in [3.05, 3.63) is 29.8 Å². The Morgan fingerprint density at radius 1 is 0.889 bits per heavy atom. The number of alkyl halides is 3. The SMILES string of the molecule is CCCCCCC[C@H]1CC[C@H](c2ccc(OCCCC(F)(F)F)cc2)CC1. The monoisotopic (exact) mass is 384 g/mol. The summed E-state index contributed by atoms with van der Waals surface area (Å²) in [4.78, 5) is 0. The first-order valence-corrected chi connectivity index (χ1v) is 10.8. The molecule has 1 aromatic carbocycles. The Morgan fingerprint density at radius 3 is 2.19 bits per heavy atom. The zero-order chi connectivity index (χ0) is 19.5. The normalized spacial score (nSPS) is 20.6. The number of rotatable bonds is 11. The van der Waals surface area contributed by atoms with Crippen LogP contribution in [0.25, 0.3) is 0 Å². The van der Waals surface area contributed by atoms with E-state index in [1.165, 1.54) is 69.8 Å². The van der Waals surface area contributed by atoms with Crippen molar-refractivity contribution in [2.45, 2.75) is 96.1 Å². The van der Waals surface area contributed by atoms with Crippen molar-refractivity contribution in [2.24, 2.45) is 5.92 Å². The van der Waals surface area contributed by atoms with Crippen LogP contribution in [0.15, 0.2) is 24.3 Å². The van der Waals surface area contributed by atoms with Crippen LogP contribution in [0, 0.1) is 5.92 Å². The Hall–Kier alpha value is -1.19. The molecule has 27 heavy (non-hydrogen) atoms. The third-order valence-electron chi connectivity index (χ3n) is 5.79. The van der Waals surface area contributed by atoms with Gasteiger partial charge in [-0.1, -0.05) is 57.6 Å². The van der Waals surface area contributed by atoms with Gasteiger partial charge in [-0.15, -0.1) is 0 Å². The Labute approximate surface area is 162 Å². The second kappa shape index (κ2) is 11.6. The average molecular weight is 385 g/mol. The van der Waals surface area contributed by atoms with Gasteiger partial charge in [0.25, 0.3) is 0 Å². The molecule has 0 bridgehead atoms. The summed E-state index contributed by atoms with van der Waals surface area (Å²) in [6.45, 7) is 2.37. The molecule has 2 rings (SSSR count). The van der Waals surface area contributed by atoms with E-state index in [4.69, 9.17) is 4.74 Å². The molecule has 1 saturated carbocycles. The van der Waals surface area contributed by atoms with Crippen LogP contribution in [0.1, 0.15) is 95.5 Å². The minimum absolute atomic E-state index is 0.00765. The standard InChI is InChI=1S/C23H35F3O/c1-2-3-4-5-6-8-19-9-11-20(12-10-19)21-13-15-22(16-14-21)27-18-7-17-23(24,25)26/h13-16,19-20H,2-12,17-18H2,1H3/t19-,20-. The van der Waals surface area contributed by atoms with E-state index in [0.717, 1.165) is 5.92 Å². The average Bonchev–Trinajstić information content (AvgIpc) is 2.65. The highest BCUT2D eigenvalue weighted by Gasteiger charge is 2.26. The van der Waals surface area contributed by atoms with Crippen LogP contribution in [-0.4, -0.2) is 12.8 Å². The van der Waals surface area contributed by atoms with E-state index in [0.29, 0.717) is 11.7 Å². The Kier molecular flexibility index (Phi) is 9.50. The minimum Gasteiger partial charge on any atom is -0.494 e. The van der Waals surface area contributed by atoms with Gasteiger partial charge in [0.2, 0.25) is 0 Å². The molecule has 0 unspecified atom stereocenters. The van der Waals surface area contributed by atoms with E-state index < -0.39 is 12.6 Å². The lowest BCUT2D eigenvalue weighted by Crippen LogP contribution is -2.13. The molecule has 1 fully saturated rings. The summed E-state index contributed by atoms with van der Waals surface area (Å²) in [5.74, 6) is 2.20. The zero-order valence-electron chi connectivity index (χ0n) is 16.7. The van der Waals surface area contributed by atoms with E-state index in [1.54, 1.807) is 0 Å². The van der Waals surface area contributed by atoms with Crippen LogP contribution >= 0.6 is 0 Å². The van der Waals surface area contributed by atoms with Crippen molar-refractivity contribution < 1.29 is 17.9 Å². The van der Waals surface area contributed by atoms with E-state index in [2.05, 4.69) is 19.1 Å². The fourth-order valence-corrected chi connectivity index (χ4v) is 4.12. The number of ether oxygens (including phenoxy) is 1. The fraction of sp³-hybridized carbons (Fsp3) is 0.739. The number of benzene rings is 1. The van der Waals surface area contributed by atoms with Crippen molar-refractivity contribution in [1.82, 2.24) is 0 Å². The maximum absolute atomic E-state index is 12.1. The number of unbranched alkanes of at least 4 members (excludes halogenated alkanes) is 4. The maximum Gasteiger partial charge on any atom is 0.389 e. The molecule has 1 aliphatic carbocycles. The third-order valence-corrected chi connectivity index (χ3v) is 5.79. The summed E-state index contributed by atoms with van der Waals surface area (Å²) in [5.41, 5.74) is 1.35. The largest absolute Gasteiger partial charge is 0.494 e. The van der Waals surface area contributed by atoms with Crippen LogP contribution in [0.2, 0.25) is 0 Å². The quantitative estimate of drug-likeness (QED) is 0.351. The first-order chi connectivity index (χ1) is 13.0. The summed E-state index contributed by atoms with van der Waals surface area (Å²) in [7, 11) is 0. The molecule has 0 amide bonds. The maximum atomic E-state index is 12.1. The number of halogens is 3. The smallest absolute Gasteiger partial charge is 0.389 e. The van der Waals surface area contributed by atoms with Gasteiger partial charge in [-0.05, 0) is 61.6 Å². The predicted molar refractivity (Wildman–Crippen MR) is 105 cm³/mol. The molecule has 0 heterocycles. The number of hydrogen-bond donors (Lipinski definition) is 0. The first-order valence-electron chi connectivity index (χ1n) is 10.8. The molecule has 0 atom stereocenters. The van der Waals surface area contributed by atoms with Crippen molar-refractivity contribution in [3.63, 3.8) is 0 Å². The van der Waals surface area contributed by atoms with Gasteiger partial charge in [0.1, 0.15) is 5.75 Å². The van der Waals surface area contributed by atoms with Crippen molar-refractivity contribution in [1.29, 1.82) is 0 Å². The first kappa shape index (κ1) is 22.1. The van der Waals surface area contributed by atoms with Gasteiger partial charge in [-0.3, -0.25) is 0 Å². The second-order valence-corrected chi connectivity index (χ2v) is 8.06. The molecule has 0 aromatic heterocycles. The highest BCUT2D eigenvalue weighted by Crippen LogP contribution is 2.38. The van der Waals surface area contributed by atoms with Crippen LogP contribution in [0.4, 0.5) is 13.2 Å². The predicted octanol–water partition coefficient (Wildman–Crippen LogP) is 8.04. The highest BCUT2D eigenvalue weighted by molar-refractivity contribution is 5.29. The summed E-state index contributed by atoms with van der Waals surface area (Å²) < 4.78 is 41.8. The number of hydrogen-bond acceptors (Lipinski definition) is 1. The van der Waals surface area contributed by atoms with E-state index in [1.807, 2.05) is 12.1 Å². The van der Waals surface area contributed by atoms with Gasteiger partial charge < -0.3 is 4.74 Å². The molecule has 1 nitrogen and oxygen atoms in total. The van der Waals surface area contributed by atoms with Gasteiger partial charge >= 0.3 is 6.18 Å². The van der Waals surface area contributed by atoms with Crippen molar-refractivity contribution >= 4 is 0 Å². The molecular weight excluding hydrogens is 349 g/mol. The van der Waals surface area contributed by atoms with Gasteiger partial charge in [0, 0.05) is 6.42 Å². The Morgan fingerprint density at radius 2 is 1.56 bits per heavy atom. The highest BCUT2D eigenvalue weighted by atomic mass is 19.4.